The molecule has 0 aliphatic heterocycles. The molecule has 6 heteroatoms. The summed E-state index contributed by atoms with van der Waals surface area (Å²) in [7, 11) is -2.44. The highest BCUT2D eigenvalue weighted by Gasteiger charge is 2.29. The Morgan fingerprint density at radius 1 is 1.04 bits per heavy atom. The number of hydrogen-bond donors (Lipinski definition) is 0. The van der Waals surface area contributed by atoms with Crippen LogP contribution in [-0.4, -0.2) is 21.4 Å². The van der Waals surface area contributed by atoms with Crippen molar-refractivity contribution in [2.45, 2.75) is 25.2 Å². The van der Waals surface area contributed by atoms with Gasteiger partial charge in [-0.3, -0.25) is 4.79 Å². The fraction of sp³-hybridized carbons (Fsp3) is 0.235. The van der Waals surface area contributed by atoms with Crippen molar-refractivity contribution < 1.29 is 17.9 Å². The number of methoxy groups -OCH3 is 1. The van der Waals surface area contributed by atoms with E-state index in [1.165, 1.54) is 19.2 Å². The van der Waals surface area contributed by atoms with Crippen LogP contribution in [0.1, 0.15) is 18.9 Å². The Morgan fingerprint density at radius 2 is 1.61 bits per heavy atom. The van der Waals surface area contributed by atoms with E-state index in [0.29, 0.717) is 11.4 Å². The minimum absolute atomic E-state index is 0.0805. The predicted molar refractivity (Wildman–Crippen MR) is 89.1 cm³/mol. The van der Waals surface area contributed by atoms with Crippen molar-refractivity contribution in [1.29, 1.82) is 0 Å². The standard InChI is InChI=1S/C17H19NO4S/c1-4-17(19)18(14-7-9-15(22-3)10-8-14)23(20,21)16-11-5-13(2)6-12-16/h5-12H,4H2,1-3H3. The molecule has 0 atom stereocenters. The van der Waals surface area contributed by atoms with Crippen molar-refractivity contribution in [2.24, 2.45) is 0 Å². The van der Waals surface area contributed by atoms with Crippen LogP contribution in [0.3, 0.4) is 0 Å². The van der Waals surface area contributed by atoms with E-state index in [1.807, 2.05) is 6.92 Å². The van der Waals surface area contributed by atoms with Gasteiger partial charge in [0.2, 0.25) is 5.91 Å². The molecule has 0 heterocycles. The lowest BCUT2D eigenvalue weighted by atomic mass is 10.2. The Balaban J connectivity index is 2.53. The van der Waals surface area contributed by atoms with Crippen LogP contribution in [0.25, 0.3) is 0 Å². The summed E-state index contributed by atoms with van der Waals surface area (Å²) in [6, 6.07) is 12.8. The Bertz CT molecular complexity index is 780. The molecule has 5 nitrogen and oxygen atoms in total. The maximum atomic E-state index is 12.9. The first-order valence-electron chi connectivity index (χ1n) is 7.19. The van der Waals surface area contributed by atoms with Crippen LogP contribution in [0.2, 0.25) is 0 Å². The van der Waals surface area contributed by atoms with Gasteiger partial charge in [0.25, 0.3) is 10.0 Å². The minimum atomic E-state index is -3.96. The van der Waals surface area contributed by atoms with Gasteiger partial charge in [-0.25, -0.2) is 12.7 Å². The first-order valence-corrected chi connectivity index (χ1v) is 8.63. The van der Waals surface area contributed by atoms with Crippen LogP contribution in [0.4, 0.5) is 5.69 Å². The lowest BCUT2D eigenvalue weighted by Crippen LogP contribution is -2.36. The van der Waals surface area contributed by atoms with Crippen molar-refractivity contribution in [3.63, 3.8) is 0 Å². The first kappa shape index (κ1) is 17.0. The van der Waals surface area contributed by atoms with E-state index in [4.69, 9.17) is 4.74 Å². The molecule has 0 fully saturated rings. The number of anilines is 1. The number of nitrogens with zero attached hydrogens (tertiary/aromatic N) is 1. The van der Waals surface area contributed by atoms with Crippen molar-refractivity contribution in [3.05, 3.63) is 54.1 Å². The second-order valence-corrected chi connectivity index (χ2v) is 6.81. The molecule has 2 aromatic carbocycles. The molecule has 0 radical (unpaired) electrons. The Hall–Kier alpha value is -2.34. The molecule has 1 amide bonds. The average Bonchev–Trinajstić information content (AvgIpc) is 2.55. The van der Waals surface area contributed by atoms with Crippen LogP contribution < -0.4 is 9.04 Å². The highest BCUT2D eigenvalue weighted by Crippen LogP contribution is 2.26. The largest absolute Gasteiger partial charge is 0.497 e. The zero-order chi connectivity index (χ0) is 17.0. The maximum absolute atomic E-state index is 12.9. The predicted octanol–water partition coefficient (Wildman–Crippen LogP) is 3.14. The molecule has 0 bridgehead atoms. The Labute approximate surface area is 136 Å². The third-order valence-electron chi connectivity index (χ3n) is 3.40. The van der Waals surface area contributed by atoms with E-state index in [9.17, 15) is 13.2 Å². The lowest BCUT2D eigenvalue weighted by molar-refractivity contribution is -0.117. The van der Waals surface area contributed by atoms with E-state index < -0.39 is 15.9 Å². The summed E-state index contributed by atoms with van der Waals surface area (Å²) in [5, 5.41) is 0. The van der Waals surface area contributed by atoms with Gasteiger partial charge < -0.3 is 4.74 Å². The second kappa shape index (κ2) is 6.83. The first-order chi connectivity index (χ1) is 10.9. The molecule has 2 aromatic rings. The summed E-state index contributed by atoms with van der Waals surface area (Å²) in [4.78, 5) is 12.4. The molecule has 0 saturated carbocycles. The highest BCUT2D eigenvalue weighted by molar-refractivity contribution is 7.93. The molecule has 23 heavy (non-hydrogen) atoms. The third-order valence-corrected chi connectivity index (χ3v) is 5.16. The second-order valence-electron chi connectivity index (χ2n) is 5.03. The summed E-state index contributed by atoms with van der Waals surface area (Å²) >= 11 is 0. The normalized spacial score (nSPS) is 11.1. The number of ether oxygens (including phenoxy) is 1. The molecule has 2 rings (SSSR count). The monoisotopic (exact) mass is 333 g/mol. The van der Waals surface area contributed by atoms with Crippen LogP contribution in [0.5, 0.6) is 5.75 Å². The van der Waals surface area contributed by atoms with Gasteiger partial charge in [-0.05, 0) is 43.3 Å². The summed E-state index contributed by atoms with van der Waals surface area (Å²) in [5.41, 5.74) is 1.24. The van der Waals surface area contributed by atoms with Gasteiger partial charge in [0.15, 0.2) is 0 Å². The van der Waals surface area contributed by atoms with Gasteiger partial charge in [0.1, 0.15) is 5.75 Å². The number of amides is 1. The summed E-state index contributed by atoms with van der Waals surface area (Å²) in [6.45, 7) is 3.50. The van der Waals surface area contributed by atoms with Gasteiger partial charge in [0, 0.05) is 6.42 Å². The fourth-order valence-corrected chi connectivity index (χ4v) is 3.58. The van der Waals surface area contributed by atoms with Gasteiger partial charge in [0.05, 0.1) is 17.7 Å². The third kappa shape index (κ3) is 3.53. The number of sulfonamides is 1. The fourth-order valence-electron chi connectivity index (χ4n) is 2.09. The average molecular weight is 333 g/mol. The van der Waals surface area contributed by atoms with Crippen LogP contribution in [-0.2, 0) is 14.8 Å². The Kier molecular flexibility index (Phi) is 5.05. The molecule has 122 valence electrons. The number of carbonyl (C=O) groups is 1. The smallest absolute Gasteiger partial charge is 0.270 e. The summed E-state index contributed by atoms with van der Waals surface area (Å²) < 4.78 is 31.7. The van der Waals surface area contributed by atoms with Crippen molar-refractivity contribution in [3.8, 4) is 5.75 Å². The van der Waals surface area contributed by atoms with E-state index in [2.05, 4.69) is 0 Å². The van der Waals surface area contributed by atoms with Crippen molar-refractivity contribution in [2.75, 3.05) is 11.4 Å². The van der Waals surface area contributed by atoms with Crippen LogP contribution in [0.15, 0.2) is 53.4 Å². The quantitative estimate of drug-likeness (QED) is 0.843. The maximum Gasteiger partial charge on any atom is 0.270 e. The molecule has 0 saturated heterocycles. The van der Waals surface area contributed by atoms with Crippen LogP contribution >= 0.6 is 0 Å². The molecule has 0 N–H and O–H groups in total. The molecule has 0 unspecified atom stereocenters. The molecule has 0 aromatic heterocycles. The van der Waals surface area contributed by atoms with Gasteiger partial charge in [-0.15, -0.1) is 0 Å². The van der Waals surface area contributed by atoms with Crippen molar-refractivity contribution >= 4 is 21.6 Å². The van der Waals surface area contributed by atoms with E-state index in [0.717, 1.165) is 9.87 Å². The zero-order valence-corrected chi connectivity index (χ0v) is 14.1. The number of rotatable bonds is 5. The van der Waals surface area contributed by atoms with Crippen molar-refractivity contribution in [1.82, 2.24) is 0 Å². The Morgan fingerprint density at radius 3 is 2.09 bits per heavy atom. The molecule has 0 aliphatic rings. The van der Waals surface area contributed by atoms with Gasteiger partial charge in [-0.2, -0.15) is 0 Å². The summed E-state index contributed by atoms with van der Waals surface area (Å²) in [5.74, 6) is 0.0983. The highest BCUT2D eigenvalue weighted by atomic mass is 32.2. The topological polar surface area (TPSA) is 63.7 Å². The molecular formula is C17H19NO4S. The number of aryl methyl sites for hydroxylation is 1. The number of hydrogen-bond acceptors (Lipinski definition) is 4. The molecule has 0 spiro atoms. The molecular weight excluding hydrogens is 314 g/mol. The van der Waals surface area contributed by atoms with E-state index >= 15 is 0 Å². The number of carbonyl (C=O) groups excluding carboxylic acids is 1. The zero-order valence-electron chi connectivity index (χ0n) is 13.3. The van der Waals surface area contributed by atoms with E-state index in [-0.39, 0.29) is 11.3 Å². The minimum Gasteiger partial charge on any atom is -0.497 e. The van der Waals surface area contributed by atoms with E-state index in [1.54, 1.807) is 43.3 Å². The lowest BCUT2D eigenvalue weighted by Gasteiger charge is -2.22. The van der Waals surface area contributed by atoms with Gasteiger partial charge >= 0.3 is 0 Å². The molecule has 0 aliphatic carbocycles. The van der Waals surface area contributed by atoms with Crippen LogP contribution in [0, 0.1) is 6.92 Å². The number of benzene rings is 2. The summed E-state index contributed by atoms with van der Waals surface area (Å²) in [6.07, 6.45) is 0.0805. The van der Waals surface area contributed by atoms with Gasteiger partial charge in [-0.1, -0.05) is 24.6 Å². The SMILES string of the molecule is CCC(=O)N(c1ccc(OC)cc1)S(=O)(=O)c1ccc(C)cc1.